The van der Waals surface area contributed by atoms with Gasteiger partial charge in [-0.3, -0.25) is 0 Å². The third-order valence-corrected chi connectivity index (χ3v) is 3.22. The van der Waals surface area contributed by atoms with E-state index in [1.54, 1.807) is 0 Å². The van der Waals surface area contributed by atoms with Crippen molar-refractivity contribution in [2.75, 3.05) is 7.11 Å². The van der Waals surface area contributed by atoms with Crippen LogP contribution in [0, 0.1) is 11.6 Å². The highest BCUT2D eigenvalue weighted by Crippen LogP contribution is 2.30. The van der Waals surface area contributed by atoms with E-state index >= 15 is 0 Å². The molecule has 17 heavy (non-hydrogen) atoms. The molecule has 1 rings (SSSR count). The van der Waals surface area contributed by atoms with Gasteiger partial charge in [-0.2, -0.15) is 0 Å². The number of methoxy groups -OCH3 is 1. The van der Waals surface area contributed by atoms with E-state index in [1.807, 2.05) is 6.92 Å². The fourth-order valence-electron chi connectivity index (χ4n) is 1.69. The van der Waals surface area contributed by atoms with Crippen molar-refractivity contribution < 1.29 is 18.6 Å². The molecule has 0 saturated carbocycles. The monoisotopic (exact) mass is 308 g/mol. The number of hydrogen-bond acceptors (Lipinski definition) is 2. The molecule has 0 fully saturated rings. The van der Waals surface area contributed by atoms with Crippen LogP contribution in [0.2, 0.25) is 0 Å². The molecule has 0 aliphatic carbocycles. The summed E-state index contributed by atoms with van der Waals surface area (Å²) in [7, 11) is 1.41. The van der Waals surface area contributed by atoms with Gasteiger partial charge >= 0.3 is 0 Å². The molecule has 1 aromatic rings. The second-order valence-electron chi connectivity index (χ2n) is 3.76. The number of benzene rings is 1. The summed E-state index contributed by atoms with van der Waals surface area (Å²) in [6.45, 7) is 1.91. The molecule has 1 aromatic carbocycles. The van der Waals surface area contributed by atoms with E-state index in [9.17, 15) is 13.9 Å². The van der Waals surface area contributed by atoms with E-state index in [1.165, 1.54) is 13.2 Å². The fourth-order valence-corrected chi connectivity index (χ4v) is 2.03. The fraction of sp³-hybridized carbons (Fsp3) is 0.500. The number of halogens is 3. The molecule has 1 N–H and O–H groups in total. The maximum absolute atomic E-state index is 13.7. The Morgan fingerprint density at radius 1 is 1.41 bits per heavy atom. The number of aliphatic hydroxyl groups is 1. The lowest BCUT2D eigenvalue weighted by Gasteiger charge is -2.22. The molecule has 96 valence electrons. The number of ether oxygens (including phenoxy) is 1. The summed E-state index contributed by atoms with van der Waals surface area (Å²) in [5, 5.41) is 9.97. The molecule has 0 aliphatic rings. The lowest BCUT2D eigenvalue weighted by molar-refractivity contribution is -0.0212. The Hall–Kier alpha value is -0.520. The third kappa shape index (κ3) is 3.24. The molecule has 0 aromatic heterocycles. The van der Waals surface area contributed by atoms with E-state index in [2.05, 4.69) is 15.9 Å². The Kier molecular flexibility index (Phi) is 5.49. The van der Waals surface area contributed by atoms with Crippen molar-refractivity contribution in [3.05, 3.63) is 33.8 Å². The Bertz CT molecular complexity index is 385. The molecule has 2 unspecified atom stereocenters. The lowest BCUT2D eigenvalue weighted by Crippen LogP contribution is -2.22. The van der Waals surface area contributed by atoms with Gasteiger partial charge in [-0.05, 0) is 34.5 Å². The standard InChI is InChI=1S/C12H15BrF2O2/c1-3-4-9(17-2)12(16)10-8(14)6-5-7(13)11(10)15/h5-6,9,12,16H,3-4H2,1-2H3. The van der Waals surface area contributed by atoms with Gasteiger partial charge in [-0.25, -0.2) is 8.78 Å². The lowest BCUT2D eigenvalue weighted by atomic mass is 10.00. The minimum Gasteiger partial charge on any atom is -0.385 e. The van der Waals surface area contributed by atoms with Crippen LogP contribution in [0.3, 0.4) is 0 Å². The first kappa shape index (κ1) is 14.5. The Balaban J connectivity index is 3.10. The van der Waals surface area contributed by atoms with Crippen LogP contribution in [0.15, 0.2) is 16.6 Å². The van der Waals surface area contributed by atoms with Crippen LogP contribution in [0.5, 0.6) is 0 Å². The van der Waals surface area contributed by atoms with E-state index in [-0.39, 0.29) is 10.0 Å². The summed E-state index contributed by atoms with van der Waals surface area (Å²) in [6, 6.07) is 2.38. The molecule has 0 aliphatic heterocycles. The summed E-state index contributed by atoms with van der Waals surface area (Å²) in [5.41, 5.74) is -0.348. The Labute approximate surface area is 108 Å². The Morgan fingerprint density at radius 2 is 2.06 bits per heavy atom. The van der Waals surface area contributed by atoms with Gasteiger partial charge in [-0.1, -0.05) is 13.3 Å². The summed E-state index contributed by atoms with van der Waals surface area (Å²) >= 11 is 2.96. The molecule has 5 heteroatoms. The van der Waals surface area contributed by atoms with Crippen molar-refractivity contribution in [3.63, 3.8) is 0 Å². The predicted molar refractivity (Wildman–Crippen MR) is 64.7 cm³/mol. The highest BCUT2D eigenvalue weighted by atomic mass is 79.9. The zero-order chi connectivity index (χ0) is 13.0. The maximum atomic E-state index is 13.7. The topological polar surface area (TPSA) is 29.5 Å². The summed E-state index contributed by atoms with van der Waals surface area (Å²) < 4.78 is 32.5. The summed E-state index contributed by atoms with van der Waals surface area (Å²) in [6.07, 6.45) is -0.633. The van der Waals surface area contributed by atoms with Gasteiger partial charge < -0.3 is 9.84 Å². The second kappa shape index (κ2) is 6.42. The Morgan fingerprint density at radius 3 is 2.59 bits per heavy atom. The quantitative estimate of drug-likeness (QED) is 0.843. The first-order chi connectivity index (χ1) is 8.02. The largest absolute Gasteiger partial charge is 0.385 e. The second-order valence-corrected chi connectivity index (χ2v) is 4.62. The normalized spacial score (nSPS) is 14.7. The zero-order valence-corrected chi connectivity index (χ0v) is 11.3. The van der Waals surface area contributed by atoms with Crippen molar-refractivity contribution in [2.45, 2.75) is 32.0 Å². The average Bonchev–Trinajstić information content (AvgIpc) is 2.31. The van der Waals surface area contributed by atoms with Crippen LogP contribution < -0.4 is 0 Å². The molecule has 0 saturated heterocycles. The van der Waals surface area contributed by atoms with Crippen molar-refractivity contribution in [3.8, 4) is 0 Å². The van der Waals surface area contributed by atoms with Gasteiger partial charge in [0.15, 0.2) is 0 Å². The van der Waals surface area contributed by atoms with E-state index in [0.29, 0.717) is 6.42 Å². The van der Waals surface area contributed by atoms with Crippen LogP contribution in [0.25, 0.3) is 0 Å². The van der Waals surface area contributed by atoms with Gasteiger partial charge in [0.2, 0.25) is 0 Å². The molecule has 2 nitrogen and oxygen atoms in total. The van der Waals surface area contributed by atoms with Gasteiger partial charge in [0.1, 0.15) is 17.7 Å². The summed E-state index contributed by atoms with van der Waals surface area (Å²) in [5.74, 6) is -1.55. The van der Waals surface area contributed by atoms with E-state index in [0.717, 1.165) is 12.5 Å². The molecular weight excluding hydrogens is 294 g/mol. The number of rotatable bonds is 5. The molecule has 0 spiro atoms. The van der Waals surface area contributed by atoms with Crippen molar-refractivity contribution in [2.24, 2.45) is 0 Å². The van der Waals surface area contributed by atoms with Crippen molar-refractivity contribution in [1.29, 1.82) is 0 Å². The SMILES string of the molecule is CCCC(OC)C(O)c1c(F)ccc(Br)c1F. The number of aliphatic hydroxyl groups excluding tert-OH is 1. The third-order valence-electron chi connectivity index (χ3n) is 2.60. The average molecular weight is 309 g/mol. The highest BCUT2D eigenvalue weighted by Gasteiger charge is 2.27. The highest BCUT2D eigenvalue weighted by molar-refractivity contribution is 9.10. The van der Waals surface area contributed by atoms with Crippen LogP contribution in [-0.2, 0) is 4.74 Å². The van der Waals surface area contributed by atoms with Gasteiger partial charge in [0, 0.05) is 7.11 Å². The predicted octanol–water partition coefficient (Wildman–Crippen LogP) is 3.58. The molecule has 0 amide bonds. The maximum Gasteiger partial charge on any atom is 0.146 e. The van der Waals surface area contributed by atoms with Gasteiger partial charge in [-0.15, -0.1) is 0 Å². The van der Waals surface area contributed by atoms with Gasteiger partial charge in [0.05, 0.1) is 16.1 Å². The molecule has 2 atom stereocenters. The van der Waals surface area contributed by atoms with Crippen molar-refractivity contribution >= 4 is 15.9 Å². The van der Waals surface area contributed by atoms with Crippen molar-refractivity contribution in [1.82, 2.24) is 0 Å². The first-order valence-corrected chi connectivity index (χ1v) is 6.16. The minimum absolute atomic E-state index is 0.124. The van der Waals surface area contributed by atoms with Gasteiger partial charge in [0.25, 0.3) is 0 Å². The first-order valence-electron chi connectivity index (χ1n) is 5.37. The molecule has 0 heterocycles. The molecule has 0 radical (unpaired) electrons. The summed E-state index contributed by atoms with van der Waals surface area (Å²) in [4.78, 5) is 0. The van der Waals surface area contributed by atoms with Crippen LogP contribution >= 0.6 is 15.9 Å². The van der Waals surface area contributed by atoms with Crippen LogP contribution in [0.1, 0.15) is 31.4 Å². The molecule has 0 bridgehead atoms. The zero-order valence-electron chi connectivity index (χ0n) is 9.71. The number of hydrogen-bond donors (Lipinski definition) is 1. The smallest absolute Gasteiger partial charge is 0.146 e. The van der Waals surface area contributed by atoms with Crippen LogP contribution in [-0.4, -0.2) is 18.3 Å². The molecular formula is C12H15BrF2O2. The van der Waals surface area contributed by atoms with Crippen LogP contribution in [0.4, 0.5) is 8.78 Å². The van der Waals surface area contributed by atoms with E-state index < -0.39 is 23.8 Å². The minimum atomic E-state index is -1.31. The van der Waals surface area contributed by atoms with E-state index in [4.69, 9.17) is 4.74 Å².